The highest BCUT2D eigenvalue weighted by atomic mass is 35.5. The third kappa shape index (κ3) is 4.50. The fraction of sp³-hybridized carbons (Fsp3) is 0.438. The quantitative estimate of drug-likeness (QED) is 0.612. The van der Waals surface area contributed by atoms with Gasteiger partial charge in [0.1, 0.15) is 0 Å². The molecule has 3 nitrogen and oxygen atoms in total. The summed E-state index contributed by atoms with van der Waals surface area (Å²) in [6, 6.07) is 8.66. The summed E-state index contributed by atoms with van der Waals surface area (Å²) >= 11 is 8.08. The lowest BCUT2D eigenvalue weighted by Gasteiger charge is -2.07. The number of nitrogens with zero attached hydrogens (tertiary/aromatic N) is 2. The summed E-state index contributed by atoms with van der Waals surface area (Å²) in [5.74, 6) is 0.835. The molecule has 1 heterocycles. The van der Waals surface area contributed by atoms with Gasteiger partial charge in [-0.05, 0) is 37.6 Å². The number of hydrogen-bond acceptors (Lipinski definition) is 3. The standard InChI is InChI=1S/C16H22ClN3S/c1-4-8-18-10-13-6-5-7-14(9-13)21-11-15-16(17)12(2)19-20(15)3/h5-7,9,18H,4,8,10-11H2,1-3H3. The first kappa shape index (κ1) is 16.4. The van der Waals surface area contributed by atoms with Crippen LogP contribution in [0.15, 0.2) is 29.2 Å². The molecule has 2 rings (SSSR count). The summed E-state index contributed by atoms with van der Waals surface area (Å²) < 4.78 is 1.87. The molecule has 0 unspecified atom stereocenters. The van der Waals surface area contributed by atoms with Gasteiger partial charge in [-0.15, -0.1) is 11.8 Å². The molecule has 0 saturated heterocycles. The van der Waals surface area contributed by atoms with Crippen LogP contribution in [-0.2, 0) is 19.3 Å². The van der Waals surface area contributed by atoms with Gasteiger partial charge in [0, 0.05) is 24.2 Å². The van der Waals surface area contributed by atoms with Gasteiger partial charge in [-0.25, -0.2) is 0 Å². The number of benzene rings is 1. The number of nitrogens with one attached hydrogen (secondary N) is 1. The van der Waals surface area contributed by atoms with Crippen LogP contribution in [-0.4, -0.2) is 16.3 Å². The van der Waals surface area contributed by atoms with E-state index in [4.69, 9.17) is 11.6 Å². The second-order valence-corrected chi connectivity index (χ2v) is 6.51. The van der Waals surface area contributed by atoms with Crippen LogP contribution in [0.4, 0.5) is 0 Å². The molecule has 0 amide bonds. The maximum Gasteiger partial charge on any atom is 0.0855 e. The van der Waals surface area contributed by atoms with E-state index in [9.17, 15) is 0 Å². The second-order valence-electron chi connectivity index (χ2n) is 5.08. The van der Waals surface area contributed by atoms with Crippen molar-refractivity contribution in [2.75, 3.05) is 6.54 Å². The van der Waals surface area contributed by atoms with E-state index in [1.165, 1.54) is 10.5 Å². The number of hydrogen-bond donors (Lipinski definition) is 1. The van der Waals surface area contributed by atoms with Gasteiger partial charge >= 0.3 is 0 Å². The Morgan fingerprint density at radius 2 is 2.19 bits per heavy atom. The van der Waals surface area contributed by atoms with Crippen molar-refractivity contribution in [3.63, 3.8) is 0 Å². The molecule has 1 aromatic heterocycles. The first-order valence-electron chi connectivity index (χ1n) is 7.22. The normalized spacial score (nSPS) is 11.0. The number of thioether (sulfide) groups is 1. The van der Waals surface area contributed by atoms with E-state index in [0.29, 0.717) is 0 Å². The molecule has 0 saturated carbocycles. The predicted molar refractivity (Wildman–Crippen MR) is 91.0 cm³/mol. The minimum atomic E-state index is 0.783. The molecule has 0 aliphatic heterocycles. The van der Waals surface area contributed by atoms with Crippen LogP contribution >= 0.6 is 23.4 Å². The lowest BCUT2D eigenvalue weighted by molar-refractivity contribution is 0.674. The number of halogens is 1. The molecule has 1 aromatic carbocycles. The zero-order valence-corrected chi connectivity index (χ0v) is 14.4. The van der Waals surface area contributed by atoms with Crippen molar-refractivity contribution in [1.82, 2.24) is 15.1 Å². The molecule has 5 heteroatoms. The summed E-state index contributed by atoms with van der Waals surface area (Å²) in [5, 5.41) is 8.56. The molecular formula is C16H22ClN3S. The van der Waals surface area contributed by atoms with Crippen molar-refractivity contribution in [2.45, 2.75) is 37.5 Å². The molecule has 1 N–H and O–H groups in total. The van der Waals surface area contributed by atoms with Crippen molar-refractivity contribution in [3.05, 3.63) is 46.2 Å². The summed E-state index contributed by atoms with van der Waals surface area (Å²) in [4.78, 5) is 1.26. The van der Waals surface area contributed by atoms with Crippen LogP contribution in [0, 0.1) is 6.92 Å². The first-order valence-corrected chi connectivity index (χ1v) is 8.58. The Kier molecular flexibility index (Phi) is 6.15. The van der Waals surface area contributed by atoms with E-state index in [1.807, 2.05) is 18.7 Å². The first-order chi connectivity index (χ1) is 10.1. The van der Waals surface area contributed by atoms with Gasteiger partial charge in [0.15, 0.2) is 0 Å². The Morgan fingerprint density at radius 1 is 1.38 bits per heavy atom. The molecule has 0 aliphatic carbocycles. The van der Waals surface area contributed by atoms with Gasteiger partial charge in [-0.3, -0.25) is 4.68 Å². The van der Waals surface area contributed by atoms with E-state index in [1.54, 1.807) is 11.8 Å². The van der Waals surface area contributed by atoms with Gasteiger partial charge in [0.2, 0.25) is 0 Å². The molecule has 0 aliphatic rings. The number of aryl methyl sites for hydroxylation is 2. The number of aromatic nitrogens is 2. The van der Waals surface area contributed by atoms with E-state index in [2.05, 4.69) is 41.6 Å². The van der Waals surface area contributed by atoms with Gasteiger partial charge in [-0.2, -0.15) is 5.10 Å². The monoisotopic (exact) mass is 323 g/mol. The van der Waals surface area contributed by atoms with E-state index in [0.717, 1.165) is 41.7 Å². The van der Waals surface area contributed by atoms with Crippen LogP contribution in [0.1, 0.15) is 30.3 Å². The van der Waals surface area contributed by atoms with Gasteiger partial charge in [0.05, 0.1) is 16.4 Å². The number of rotatable bonds is 7. The third-order valence-electron chi connectivity index (χ3n) is 3.29. The zero-order chi connectivity index (χ0) is 15.2. The summed E-state index contributed by atoms with van der Waals surface area (Å²) in [7, 11) is 1.94. The van der Waals surface area contributed by atoms with Crippen molar-refractivity contribution < 1.29 is 0 Å². The molecule has 114 valence electrons. The van der Waals surface area contributed by atoms with Crippen molar-refractivity contribution >= 4 is 23.4 Å². The second kappa shape index (κ2) is 7.87. The van der Waals surface area contributed by atoms with Crippen LogP contribution in [0.2, 0.25) is 5.02 Å². The topological polar surface area (TPSA) is 29.9 Å². The van der Waals surface area contributed by atoms with Crippen molar-refractivity contribution in [1.29, 1.82) is 0 Å². The van der Waals surface area contributed by atoms with Crippen LogP contribution in [0.3, 0.4) is 0 Å². The molecule has 0 radical (unpaired) electrons. The molecule has 0 atom stereocenters. The Hall–Kier alpha value is -0.970. The summed E-state index contributed by atoms with van der Waals surface area (Å²) in [6.45, 7) is 6.10. The maximum atomic E-state index is 6.29. The smallest absolute Gasteiger partial charge is 0.0855 e. The van der Waals surface area contributed by atoms with Crippen LogP contribution in [0.5, 0.6) is 0 Å². The molecule has 2 aromatic rings. The molecule has 0 bridgehead atoms. The average Bonchev–Trinajstić information content (AvgIpc) is 2.71. The van der Waals surface area contributed by atoms with E-state index >= 15 is 0 Å². The summed E-state index contributed by atoms with van der Waals surface area (Å²) in [5.41, 5.74) is 3.29. The Labute approximate surface area is 136 Å². The highest BCUT2D eigenvalue weighted by Gasteiger charge is 2.11. The van der Waals surface area contributed by atoms with Gasteiger partial charge < -0.3 is 5.32 Å². The van der Waals surface area contributed by atoms with Crippen LogP contribution in [0.25, 0.3) is 0 Å². The molecule has 21 heavy (non-hydrogen) atoms. The van der Waals surface area contributed by atoms with Gasteiger partial charge in [0.25, 0.3) is 0 Å². The molecule has 0 spiro atoms. The highest BCUT2D eigenvalue weighted by Crippen LogP contribution is 2.28. The SMILES string of the molecule is CCCNCc1cccc(SCc2c(Cl)c(C)nn2C)c1. The minimum Gasteiger partial charge on any atom is -0.313 e. The van der Waals surface area contributed by atoms with E-state index < -0.39 is 0 Å². The van der Waals surface area contributed by atoms with Gasteiger partial charge in [-0.1, -0.05) is 30.7 Å². The van der Waals surface area contributed by atoms with E-state index in [-0.39, 0.29) is 0 Å². The molecule has 0 fully saturated rings. The third-order valence-corrected chi connectivity index (χ3v) is 4.79. The fourth-order valence-electron chi connectivity index (χ4n) is 2.14. The van der Waals surface area contributed by atoms with Crippen LogP contribution < -0.4 is 5.32 Å². The Balaban J connectivity index is 1.98. The minimum absolute atomic E-state index is 0.783. The largest absolute Gasteiger partial charge is 0.313 e. The predicted octanol–water partition coefficient (Wildman–Crippen LogP) is 4.17. The maximum absolute atomic E-state index is 6.29. The zero-order valence-electron chi connectivity index (χ0n) is 12.8. The summed E-state index contributed by atoms with van der Waals surface area (Å²) in [6.07, 6.45) is 1.16. The lowest BCUT2D eigenvalue weighted by atomic mass is 10.2. The Morgan fingerprint density at radius 3 is 2.86 bits per heavy atom. The highest BCUT2D eigenvalue weighted by molar-refractivity contribution is 7.98. The average molecular weight is 324 g/mol. The van der Waals surface area contributed by atoms with Crippen molar-refractivity contribution in [3.8, 4) is 0 Å². The fourth-order valence-corrected chi connectivity index (χ4v) is 3.49. The molecular weight excluding hydrogens is 302 g/mol. The lowest BCUT2D eigenvalue weighted by Crippen LogP contribution is -2.13. The van der Waals surface area contributed by atoms with Crippen molar-refractivity contribution in [2.24, 2.45) is 7.05 Å². The Bertz CT molecular complexity index is 595.